The van der Waals surface area contributed by atoms with E-state index in [-0.39, 0.29) is 5.56 Å². The van der Waals surface area contributed by atoms with Crippen LogP contribution in [0.1, 0.15) is 21.9 Å². The first-order valence-electron chi connectivity index (χ1n) is 6.20. The minimum atomic E-state index is -0.996. The van der Waals surface area contributed by atoms with E-state index >= 15 is 0 Å². The zero-order chi connectivity index (χ0) is 13.9. The van der Waals surface area contributed by atoms with E-state index in [1.807, 2.05) is 18.2 Å². The Bertz CT molecular complexity index is 752. The number of aromatic carboxylic acids is 1. The van der Waals surface area contributed by atoms with Gasteiger partial charge in [-0.1, -0.05) is 6.07 Å². The van der Waals surface area contributed by atoms with E-state index in [0.717, 1.165) is 17.9 Å². The third-order valence-corrected chi connectivity index (χ3v) is 2.98. The quantitative estimate of drug-likeness (QED) is 0.753. The van der Waals surface area contributed by atoms with Crippen molar-refractivity contribution in [3.8, 4) is 0 Å². The van der Waals surface area contributed by atoms with Gasteiger partial charge in [0.05, 0.1) is 11.1 Å². The van der Waals surface area contributed by atoms with E-state index in [1.165, 1.54) is 6.20 Å². The second-order valence-electron chi connectivity index (χ2n) is 4.40. The van der Waals surface area contributed by atoms with Crippen molar-refractivity contribution in [2.45, 2.75) is 12.8 Å². The number of aromatic amines is 1. The fourth-order valence-electron chi connectivity index (χ4n) is 1.98. The van der Waals surface area contributed by atoms with Gasteiger partial charge in [0.1, 0.15) is 5.82 Å². The number of hydrogen-bond donors (Lipinski definition) is 2. The Hall–Kier alpha value is -2.76. The van der Waals surface area contributed by atoms with Crippen molar-refractivity contribution in [3.63, 3.8) is 0 Å². The molecule has 0 fully saturated rings. The lowest BCUT2D eigenvalue weighted by Crippen LogP contribution is -1.96. The molecule has 6 heteroatoms. The number of imidazole rings is 1. The summed E-state index contributed by atoms with van der Waals surface area (Å²) in [4.78, 5) is 26.6. The summed E-state index contributed by atoms with van der Waals surface area (Å²) >= 11 is 0. The average Bonchev–Trinajstić information content (AvgIpc) is 2.88. The van der Waals surface area contributed by atoms with Crippen LogP contribution in [0.2, 0.25) is 0 Å². The monoisotopic (exact) mass is 268 g/mol. The number of carboxylic acid groups (broad SMARTS) is 1. The summed E-state index contributed by atoms with van der Waals surface area (Å²) < 4.78 is 0. The Balaban J connectivity index is 1.80. The van der Waals surface area contributed by atoms with Gasteiger partial charge in [0.15, 0.2) is 5.65 Å². The van der Waals surface area contributed by atoms with Crippen LogP contribution < -0.4 is 0 Å². The topological polar surface area (TPSA) is 91.8 Å². The second-order valence-corrected chi connectivity index (χ2v) is 4.40. The van der Waals surface area contributed by atoms with Gasteiger partial charge in [-0.15, -0.1) is 0 Å². The molecule has 0 amide bonds. The molecule has 0 saturated carbocycles. The summed E-state index contributed by atoms with van der Waals surface area (Å²) in [6, 6.07) is 7.33. The maximum Gasteiger partial charge on any atom is 0.337 e. The molecule has 0 spiro atoms. The number of aromatic nitrogens is 4. The number of carbonyl (C=O) groups is 1. The van der Waals surface area contributed by atoms with Crippen LogP contribution in [-0.4, -0.2) is 31.0 Å². The van der Waals surface area contributed by atoms with Crippen LogP contribution in [0.5, 0.6) is 0 Å². The molecule has 0 aliphatic carbocycles. The van der Waals surface area contributed by atoms with Crippen LogP contribution in [0.25, 0.3) is 11.2 Å². The molecular weight excluding hydrogens is 256 g/mol. The minimum Gasteiger partial charge on any atom is -0.478 e. The predicted octanol–water partition coefficient (Wildman–Crippen LogP) is 1.84. The van der Waals surface area contributed by atoms with Crippen molar-refractivity contribution in [1.82, 2.24) is 19.9 Å². The SMILES string of the molecule is O=C(O)c1cnc2nc(CCc3ccccn3)[nH]c2c1. The van der Waals surface area contributed by atoms with Crippen LogP contribution in [0.4, 0.5) is 0 Å². The zero-order valence-electron chi connectivity index (χ0n) is 10.6. The Morgan fingerprint density at radius 2 is 2.15 bits per heavy atom. The summed E-state index contributed by atoms with van der Waals surface area (Å²) in [5.41, 5.74) is 2.32. The molecule has 3 aromatic heterocycles. The number of pyridine rings is 2. The molecular formula is C14H12N4O2. The fraction of sp³-hybridized carbons (Fsp3) is 0.143. The van der Waals surface area contributed by atoms with Gasteiger partial charge in [-0.05, 0) is 24.6 Å². The van der Waals surface area contributed by atoms with E-state index < -0.39 is 5.97 Å². The molecule has 0 unspecified atom stereocenters. The molecule has 0 saturated heterocycles. The number of hydrogen-bond acceptors (Lipinski definition) is 4. The van der Waals surface area contributed by atoms with Gasteiger partial charge >= 0.3 is 5.97 Å². The molecule has 20 heavy (non-hydrogen) atoms. The first-order valence-corrected chi connectivity index (χ1v) is 6.20. The van der Waals surface area contributed by atoms with Crippen molar-refractivity contribution >= 4 is 17.1 Å². The van der Waals surface area contributed by atoms with Crippen LogP contribution in [0.3, 0.4) is 0 Å². The van der Waals surface area contributed by atoms with E-state index in [2.05, 4.69) is 19.9 Å². The molecule has 6 nitrogen and oxygen atoms in total. The lowest BCUT2D eigenvalue weighted by molar-refractivity contribution is 0.0696. The molecule has 0 bridgehead atoms. The summed E-state index contributed by atoms with van der Waals surface area (Å²) in [6.45, 7) is 0. The Labute approximate surface area is 114 Å². The smallest absolute Gasteiger partial charge is 0.337 e. The highest BCUT2D eigenvalue weighted by Gasteiger charge is 2.09. The lowest BCUT2D eigenvalue weighted by Gasteiger charge is -1.96. The highest BCUT2D eigenvalue weighted by Crippen LogP contribution is 2.12. The number of aryl methyl sites for hydroxylation is 2. The van der Waals surface area contributed by atoms with Gasteiger partial charge in [-0.2, -0.15) is 0 Å². The van der Waals surface area contributed by atoms with E-state index in [0.29, 0.717) is 17.6 Å². The van der Waals surface area contributed by atoms with Crippen molar-refractivity contribution in [2.24, 2.45) is 0 Å². The van der Waals surface area contributed by atoms with Crippen LogP contribution in [0.15, 0.2) is 36.7 Å². The van der Waals surface area contributed by atoms with Gasteiger partial charge in [-0.3, -0.25) is 4.98 Å². The van der Waals surface area contributed by atoms with E-state index in [1.54, 1.807) is 12.3 Å². The molecule has 0 aliphatic rings. The van der Waals surface area contributed by atoms with Gasteiger partial charge in [-0.25, -0.2) is 14.8 Å². The third kappa shape index (κ3) is 2.49. The number of rotatable bonds is 4. The van der Waals surface area contributed by atoms with Crippen LogP contribution in [-0.2, 0) is 12.8 Å². The first kappa shape index (κ1) is 12.3. The number of nitrogens with one attached hydrogen (secondary N) is 1. The largest absolute Gasteiger partial charge is 0.478 e. The first-order chi connectivity index (χ1) is 9.72. The number of carboxylic acids is 1. The standard InChI is InChI=1S/C14H12N4O2/c19-14(20)9-7-11-13(16-8-9)18-12(17-11)5-4-10-3-1-2-6-15-10/h1-3,6-8H,4-5H2,(H,19,20)(H,16,17,18). The summed E-state index contributed by atoms with van der Waals surface area (Å²) in [5, 5.41) is 8.92. The lowest BCUT2D eigenvalue weighted by atomic mass is 10.2. The maximum absolute atomic E-state index is 10.9. The van der Waals surface area contributed by atoms with E-state index in [4.69, 9.17) is 5.11 Å². The summed E-state index contributed by atoms with van der Waals surface area (Å²) in [6.07, 6.45) is 4.55. The molecule has 100 valence electrons. The van der Waals surface area contributed by atoms with Crippen molar-refractivity contribution < 1.29 is 9.90 Å². The van der Waals surface area contributed by atoms with Gasteiger partial charge < -0.3 is 10.1 Å². The molecule has 0 aromatic carbocycles. The molecule has 3 heterocycles. The van der Waals surface area contributed by atoms with Crippen molar-refractivity contribution in [1.29, 1.82) is 0 Å². The van der Waals surface area contributed by atoms with Crippen LogP contribution in [0, 0.1) is 0 Å². The molecule has 3 rings (SSSR count). The Morgan fingerprint density at radius 3 is 2.90 bits per heavy atom. The maximum atomic E-state index is 10.9. The Kier molecular flexibility index (Phi) is 3.12. The highest BCUT2D eigenvalue weighted by molar-refractivity contribution is 5.90. The summed E-state index contributed by atoms with van der Waals surface area (Å²) in [5.74, 6) is -0.218. The predicted molar refractivity (Wildman–Crippen MR) is 72.5 cm³/mol. The van der Waals surface area contributed by atoms with Gasteiger partial charge in [0.2, 0.25) is 0 Å². The van der Waals surface area contributed by atoms with Crippen LogP contribution >= 0.6 is 0 Å². The molecule has 0 atom stereocenters. The molecule has 3 aromatic rings. The van der Waals surface area contributed by atoms with Gasteiger partial charge in [0.25, 0.3) is 0 Å². The minimum absolute atomic E-state index is 0.150. The van der Waals surface area contributed by atoms with Crippen molar-refractivity contribution in [3.05, 3.63) is 53.7 Å². The zero-order valence-corrected chi connectivity index (χ0v) is 10.6. The average molecular weight is 268 g/mol. The van der Waals surface area contributed by atoms with Gasteiger partial charge in [0, 0.05) is 24.5 Å². The molecule has 0 aliphatic heterocycles. The number of nitrogens with zero attached hydrogens (tertiary/aromatic N) is 3. The number of fused-ring (bicyclic) bond motifs is 1. The molecule has 0 radical (unpaired) electrons. The second kappa shape index (κ2) is 5.08. The van der Waals surface area contributed by atoms with E-state index in [9.17, 15) is 4.79 Å². The highest BCUT2D eigenvalue weighted by atomic mass is 16.4. The normalized spacial score (nSPS) is 10.8. The Morgan fingerprint density at radius 1 is 1.25 bits per heavy atom. The molecule has 2 N–H and O–H groups in total. The summed E-state index contributed by atoms with van der Waals surface area (Å²) in [7, 11) is 0. The fourth-order valence-corrected chi connectivity index (χ4v) is 1.98. The number of H-pyrrole nitrogens is 1. The van der Waals surface area contributed by atoms with Crippen molar-refractivity contribution in [2.75, 3.05) is 0 Å². The third-order valence-electron chi connectivity index (χ3n) is 2.98.